The number of primary amides is 1. The maximum atomic E-state index is 16.2. The minimum atomic E-state index is -2.15. The molecule has 1 spiro atoms. The number of anilines is 1. The number of hydrogen-bond donors (Lipinski definition) is 4. The van der Waals surface area contributed by atoms with E-state index in [2.05, 4.69) is 17.2 Å². The molecule has 3 aliphatic heterocycles. The minimum Gasteiger partial charge on any atom is -0.491 e. The van der Waals surface area contributed by atoms with Gasteiger partial charge in [-0.1, -0.05) is 111 Å². The van der Waals surface area contributed by atoms with Crippen LogP contribution in [0.1, 0.15) is 98.4 Å². The van der Waals surface area contributed by atoms with Crippen molar-refractivity contribution in [3.63, 3.8) is 0 Å². The molecule has 5 N–H and O–H groups in total. The number of rotatable bonds is 10. The fraction of sp³-hybridized carbons (Fsp3) is 0.392. The zero-order chi connectivity index (χ0) is 46.0. The molecular formula is C51H54N4O10. The van der Waals surface area contributed by atoms with Crippen LogP contribution >= 0.6 is 0 Å². The average molecular weight is 883 g/mol. The number of benzene rings is 4. The number of hydrogen-bond acceptors (Lipinski definition) is 11. The number of imide groups is 1. The van der Waals surface area contributed by atoms with E-state index < -0.39 is 82.9 Å². The van der Waals surface area contributed by atoms with Gasteiger partial charge >= 0.3 is 18.0 Å². The largest absolute Gasteiger partial charge is 0.491 e. The third-order valence-corrected chi connectivity index (χ3v) is 13.3. The highest BCUT2D eigenvalue weighted by Crippen LogP contribution is 2.66. The van der Waals surface area contributed by atoms with E-state index in [0.717, 1.165) is 30.6 Å². The highest BCUT2D eigenvalue weighted by Gasteiger charge is 2.75. The Kier molecular flexibility index (Phi) is 12.8. The summed E-state index contributed by atoms with van der Waals surface area (Å²) in [6.07, 6.45) is 3.60. The molecule has 3 fully saturated rings. The average Bonchev–Trinajstić information content (AvgIpc) is 3.65. The highest BCUT2D eigenvalue weighted by molar-refractivity contribution is 6.25. The quantitative estimate of drug-likeness (QED) is 0.0885. The topological polar surface area (TPSA) is 198 Å². The first-order valence-electron chi connectivity index (χ1n) is 22.2. The first-order chi connectivity index (χ1) is 31.3. The molecule has 4 aliphatic rings. The molecular weight excluding hydrogens is 829 g/mol. The zero-order valence-electron chi connectivity index (χ0n) is 36.6. The number of fused-ring (bicyclic) bond motifs is 3. The number of aliphatic hydroxyl groups excluding tert-OH is 1. The van der Waals surface area contributed by atoms with Gasteiger partial charge in [-0.25, -0.2) is 14.5 Å². The predicted molar refractivity (Wildman–Crippen MR) is 239 cm³/mol. The molecule has 7 atom stereocenters. The van der Waals surface area contributed by atoms with Crippen LogP contribution in [0.4, 0.5) is 10.5 Å². The Balaban J connectivity index is 1.43. The number of aliphatic hydroxyl groups is 2. The number of carbonyl (C=O) groups excluding carboxylic acids is 5. The lowest BCUT2D eigenvalue weighted by atomic mass is 9.65. The number of ether oxygens (including phenoxy) is 3. The summed E-state index contributed by atoms with van der Waals surface area (Å²) in [6, 6.07) is 24.4. The Morgan fingerprint density at radius 2 is 1.54 bits per heavy atom. The van der Waals surface area contributed by atoms with Crippen LogP contribution < -0.4 is 20.7 Å². The third kappa shape index (κ3) is 8.13. The predicted octanol–water partition coefficient (Wildman–Crippen LogP) is 5.55. The number of morpholine rings is 1. The Hall–Kier alpha value is -6.53. The van der Waals surface area contributed by atoms with E-state index in [1.165, 1.54) is 7.11 Å². The van der Waals surface area contributed by atoms with E-state index in [1.807, 2.05) is 65.6 Å². The summed E-state index contributed by atoms with van der Waals surface area (Å²) in [5.41, 5.74) is 5.52. The van der Waals surface area contributed by atoms with Gasteiger partial charge in [0.05, 0.1) is 37.4 Å². The van der Waals surface area contributed by atoms with E-state index in [9.17, 15) is 24.6 Å². The first kappa shape index (κ1) is 45.1. The smallest absolute Gasteiger partial charge is 0.329 e. The van der Waals surface area contributed by atoms with Crippen LogP contribution in [-0.4, -0.2) is 82.9 Å². The fourth-order valence-corrected chi connectivity index (χ4v) is 10.4. The first-order valence-corrected chi connectivity index (χ1v) is 22.2. The lowest BCUT2D eigenvalue weighted by Crippen LogP contribution is -2.57. The summed E-state index contributed by atoms with van der Waals surface area (Å²) >= 11 is 0. The molecule has 14 nitrogen and oxygen atoms in total. The number of nitrogens with one attached hydrogen (secondary N) is 1. The van der Waals surface area contributed by atoms with Gasteiger partial charge in [0.15, 0.2) is 0 Å². The zero-order valence-corrected chi connectivity index (χ0v) is 36.6. The van der Waals surface area contributed by atoms with Crippen molar-refractivity contribution in [2.24, 2.45) is 17.6 Å². The molecule has 0 unspecified atom stereocenters. The summed E-state index contributed by atoms with van der Waals surface area (Å²) in [5.74, 6) is 1.04. The Morgan fingerprint density at radius 3 is 2.17 bits per heavy atom. The molecule has 4 amide bonds. The summed E-state index contributed by atoms with van der Waals surface area (Å²) < 4.78 is 17.4. The fourth-order valence-electron chi connectivity index (χ4n) is 10.4. The number of nitrogens with zero attached hydrogens (tertiary/aromatic N) is 2. The molecule has 4 aromatic carbocycles. The van der Waals surface area contributed by atoms with Gasteiger partial charge in [-0.05, 0) is 84.2 Å². The van der Waals surface area contributed by atoms with Crippen LogP contribution in [0.5, 0.6) is 5.75 Å². The second-order valence-corrected chi connectivity index (χ2v) is 17.6. The van der Waals surface area contributed by atoms with Crippen molar-refractivity contribution in [3.05, 3.63) is 131 Å². The van der Waals surface area contributed by atoms with Gasteiger partial charge < -0.3 is 35.5 Å². The van der Waals surface area contributed by atoms with Crippen LogP contribution in [0.25, 0.3) is 0 Å². The molecule has 2 saturated heterocycles. The van der Waals surface area contributed by atoms with Gasteiger partial charge in [-0.3, -0.25) is 19.3 Å². The maximum absolute atomic E-state index is 16.2. The number of urea groups is 1. The molecule has 1 saturated carbocycles. The maximum Gasteiger partial charge on any atom is 0.329 e. The van der Waals surface area contributed by atoms with Gasteiger partial charge in [0.1, 0.15) is 41.6 Å². The number of carbonyl (C=O) groups is 5. The third-order valence-electron chi connectivity index (χ3n) is 13.3. The molecule has 3 heterocycles. The molecule has 338 valence electrons. The van der Waals surface area contributed by atoms with Gasteiger partial charge in [0.25, 0.3) is 0 Å². The van der Waals surface area contributed by atoms with Crippen LogP contribution in [0.2, 0.25) is 0 Å². The second-order valence-electron chi connectivity index (χ2n) is 17.6. The summed E-state index contributed by atoms with van der Waals surface area (Å²) in [5, 5.41) is 24.0. The van der Waals surface area contributed by atoms with Crippen molar-refractivity contribution in [2.75, 3.05) is 25.2 Å². The molecule has 1 aliphatic carbocycles. The Morgan fingerprint density at radius 1 is 0.877 bits per heavy atom. The summed E-state index contributed by atoms with van der Waals surface area (Å²) in [7, 11) is 1.20. The van der Waals surface area contributed by atoms with Gasteiger partial charge in [-0.15, -0.1) is 0 Å². The van der Waals surface area contributed by atoms with Crippen LogP contribution in [0.3, 0.4) is 0 Å². The standard InChI is InChI=1S/C51H54N4O10/c1-31(2)40(46(58)63-3)53-49(61)54-38-22-21-32(23-26-50(62)24-12-4-5-13-25-50)29-37(38)51(48(54)60)39(45(52)57)42-47(59)65-43(34-17-10-7-11-18-34)41(33-15-8-6-9-16-33)55(42)44(51)35-19-14-20-36(30-35)64-28-27-56/h6-11,14-22,29-31,39-44,56,62H,4-5,12-13,24-25,27-28H2,1-3H3,(H2,52,57)(H,53,61)/t39-,40-,41-,42-,43+,44+,51-/m0/s1. The van der Waals surface area contributed by atoms with E-state index in [1.54, 1.807) is 56.3 Å². The molecule has 65 heavy (non-hydrogen) atoms. The highest BCUT2D eigenvalue weighted by atomic mass is 16.6. The number of amides is 4. The van der Waals surface area contributed by atoms with Gasteiger partial charge in [0.2, 0.25) is 11.8 Å². The Labute approximate surface area is 378 Å². The van der Waals surface area contributed by atoms with E-state index in [-0.39, 0.29) is 24.5 Å². The van der Waals surface area contributed by atoms with Crippen LogP contribution in [-0.2, 0) is 34.1 Å². The molecule has 8 rings (SSSR count). The second kappa shape index (κ2) is 18.5. The van der Waals surface area contributed by atoms with E-state index >= 15 is 9.59 Å². The molecule has 4 aromatic rings. The van der Waals surface area contributed by atoms with Gasteiger partial charge in [0, 0.05) is 5.56 Å². The van der Waals surface area contributed by atoms with Crippen LogP contribution in [0.15, 0.2) is 103 Å². The van der Waals surface area contributed by atoms with Crippen LogP contribution in [0, 0.1) is 23.7 Å². The van der Waals surface area contributed by atoms with Crippen molar-refractivity contribution >= 4 is 35.5 Å². The molecule has 14 heteroatoms. The lowest BCUT2D eigenvalue weighted by molar-refractivity contribution is -0.178. The normalized spacial score (nSPS) is 25.1. The minimum absolute atomic E-state index is 0.0497. The lowest BCUT2D eigenvalue weighted by Gasteiger charge is -2.46. The van der Waals surface area contributed by atoms with Gasteiger partial charge in [-0.2, -0.15) is 0 Å². The van der Waals surface area contributed by atoms with E-state index in [0.29, 0.717) is 40.8 Å². The van der Waals surface area contributed by atoms with Crippen molar-refractivity contribution in [1.82, 2.24) is 10.2 Å². The van der Waals surface area contributed by atoms with Crippen molar-refractivity contribution in [1.29, 1.82) is 0 Å². The Bertz CT molecular complexity index is 2510. The number of methoxy groups -OCH3 is 1. The number of esters is 2. The summed E-state index contributed by atoms with van der Waals surface area (Å²) in [4.78, 5) is 76.5. The number of cyclic esters (lactones) is 1. The van der Waals surface area contributed by atoms with Crippen molar-refractivity contribution in [2.45, 2.75) is 93.7 Å². The van der Waals surface area contributed by atoms with Crippen molar-refractivity contribution in [3.8, 4) is 17.6 Å². The molecule has 0 aromatic heterocycles. The number of nitrogens with two attached hydrogens (primary N) is 1. The summed E-state index contributed by atoms with van der Waals surface area (Å²) in [6.45, 7) is 3.10. The SMILES string of the molecule is COC(=O)[C@@H](NC(=O)N1C(=O)[C@@]2(c3cc(C#CC4(O)CCCCCC4)ccc31)[C@H](C(N)=O)[C@H]1C(=O)O[C@H](c3ccccc3)[C@H](c3ccccc3)N1[C@@H]2c1cccc(OCCO)c1)C(C)C. The van der Waals surface area contributed by atoms with E-state index in [4.69, 9.17) is 19.9 Å². The van der Waals surface area contributed by atoms with Crippen molar-refractivity contribution < 1.29 is 48.4 Å². The monoisotopic (exact) mass is 882 g/mol. The molecule has 0 bridgehead atoms. The molecule has 0 radical (unpaired) electrons.